The number of likely N-dealkylation sites (tertiary alicyclic amines) is 1. The summed E-state index contributed by atoms with van der Waals surface area (Å²) < 4.78 is 0. The van der Waals surface area contributed by atoms with Crippen LogP contribution in [0.25, 0.3) is 0 Å². The molecule has 1 rings (SSSR count). The first kappa shape index (κ1) is 14.9. The average molecular weight is 242 g/mol. The van der Waals surface area contributed by atoms with Crippen molar-refractivity contribution in [2.75, 3.05) is 33.3 Å². The molecule has 0 aromatic carbocycles. The molecule has 0 aromatic rings. The molecule has 1 aliphatic rings. The van der Waals surface area contributed by atoms with Gasteiger partial charge in [0.05, 0.1) is 6.61 Å². The zero-order valence-corrected chi connectivity index (χ0v) is 11.8. The molecule has 0 amide bonds. The minimum atomic E-state index is 0.249. The molecule has 0 bridgehead atoms. The zero-order chi connectivity index (χ0) is 12.7. The van der Waals surface area contributed by atoms with Crippen molar-refractivity contribution in [2.45, 2.75) is 45.6 Å². The largest absolute Gasteiger partial charge is 0.395 e. The van der Waals surface area contributed by atoms with Gasteiger partial charge < -0.3 is 15.3 Å². The van der Waals surface area contributed by atoms with Crippen LogP contribution in [0.15, 0.2) is 0 Å². The van der Waals surface area contributed by atoms with Crippen LogP contribution in [0.5, 0.6) is 0 Å². The van der Waals surface area contributed by atoms with Gasteiger partial charge in [0.1, 0.15) is 0 Å². The van der Waals surface area contributed by atoms with Crippen LogP contribution in [-0.2, 0) is 0 Å². The molecule has 2 N–H and O–H groups in total. The Bertz CT molecular complexity index is 193. The Kier molecular flexibility index (Phi) is 7.09. The predicted molar refractivity (Wildman–Crippen MR) is 73.2 cm³/mol. The standard InChI is InChI=1S/C14H30N2O/c1-12(2)13-5-4-8-16(9-6-13)10-7-14(11-17)15-3/h12-15,17H,4-11H2,1-3H3. The molecule has 3 heteroatoms. The molecule has 2 atom stereocenters. The fraction of sp³-hybridized carbons (Fsp3) is 1.00. The van der Waals surface area contributed by atoms with E-state index in [-0.39, 0.29) is 12.6 Å². The van der Waals surface area contributed by atoms with E-state index >= 15 is 0 Å². The minimum absolute atomic E-state index is 0.249. The fourth-order valence-electron chi connectivity index (χ4n) is 2.74. The first-order valence-electron chi connectivity index (χ1n) is 7.17. The number of nitrogens with one attached hydrogen (secondary N) is 1. The highest BCUT2D eigenvalue weighted by atomic mass is 16.3. The van der Waals surface area contributed by atoms with E-state index < -0.39 is 0 Å². The van der Waals surface area contributed by atoms with Crippen LogP contribution < -0.4 is 5.32 Å². The lowest BCUT2D eigenvalue weighted by atomic mass is 9.89. The summed E-state index contributed by atoms with van der Waals surface area (Å²) in [5, 5.41) is 12.3. The molecule has 1 aliphatic heterocycles. The van der Waals surface area contributed by atoms with Crippen molar-refractivity contribution in [1.82, 2.24) is 10.2 Å². The van der Waals surface area contributed by atoms with E-state index in [1.807, 2.05) is 7.05 Å². The lowest BCUT2D eigenvalue weighted by molar-refractivity contribution is 0.210. The topological polar surface area (TPSA) is 35.5 Å². The number of aliphatic hydroxyl groups is 1. The molecule has 1 saturated heterocycles. The minimum Gasteiger partial charge on any atom is -0.395 e. The van der Waals surface area contributed by atoms with Gasteiger partial charge in [0.2, 0.25) is 0 Å². The summed E-state index contributed by atoms with van der Waals surface area (Å²) in [4.78, 5) is 2.57. The summed E-state index contributed by atoms with van der Waals surface area (Å²) in [5.74, 6) is 1.75. The van der Waals surface area contributed by atoms with Crippen LogP contribution >= 0.6 is 0 Å². The number of hydrogen-bond acceptors (Lipinski definition) is 3. The molecule has 0 saturated carbocycles. The van der Waals surface area contributed by atoms with Gasteiger partial charge in [0, 0.05) is 6.04 Å². The number of aliphatic hydroxyl groups excluding tert-OH is 1. The van der Waals surface area contributed by atoms with Crippen LogP contribution in [-0.4, -0.2) is 49.3 Å². The Hall–Kier alpha value is -0.120. The quantitative estimate of drug-likeness (QED) is 0.744. The molecule has 1 heterocycles. The number of hydrogen-bond donors (Lipinski definition) is 2. The molecule has 1 fully saturated rings. The van der Waals surface area contributed by atoms with Crippen LogP contribution in [0.2, 0.25) is 0 Å². The molecule has 102 valence electrons. The van der Waals surface area contributed by atoms with Crippen molar-refractivity contribution in [3.63, 3.8) is 0 Å². The van der Waals surface area contributed by atoms with Crippen LogP contribution in [0.3, 0.4) is 0 Å². The summed E-state index contributed by atoms with van der Waals surface area (Å²) >= 11 is 0. The third kappa shape index (κ3) is 5.36. The van der Waals surface area contributed by atoms with Gasteiger partial charge in [-0.15, -0.1) is 0 Å². The van der Waals surface area contributed by atoms with Gasteiger partial charge in [-0.1, -0.05) is 13.8 Å². The van der Waals surface area contributed by atoms with Crippen LogP contribution in [0.1, 0.15) is 39.5 Å². The van der Waals surface area contributed by atoms with Gasteiger partial charge in [-0.2, -0.15) is 0 Å². The van der Waals surface area contributed by atoms with E-state index in [1.165, 1.54) is 32.4 Å². The molecular formula is C14H30N2O. The van der Waals surface area contributed by atoms with Crippen LogP contribution in [0, 0.1) is 11.8 Å². The summed E-state index contributed by atoms with van der Waals surface area (Å²) in [5.41, 5.74) is 0. The van der Waals surface area contributed by atoms with Crippen molar-refractivity contribution in [2.24, 2.45) is 11.8 Å². The molecule has 0 spiro atoms. The van der Waals surface area contributed by atoms with Crippen molar-refractivity contribution in [3.05, 3.63) is 0 Å². The molecule has 0 aromatic heterocycles. The molecule has 0 aliphatic carbocycles. The van der Waals surface area contributed by atoms with Gasteiger partial charge in [0.15, 0.2) is 0 Å². The van der Waals surface area contributed by atoms with Crippen LogP contribution in [0.4, 0.5) is 0 Å². The first-order valence-corrected chi connectivity index (χ1v) is 7.17. The first-order chi connectivity index (χ1) is 8.17. The molecule has 2 unspecified atom stereocenters. The van der Waals surface area contributed by atoms with E-state index in [0.717, 1.165) is 24.8 Å². The fourth-order valence-corrected chi connectivity index (χ4v) is 2.74. The highest BCUT2D eigenvalue weighted by Crippen LogP contribution is 2.24. The van der Waals surface area contributed by atoms with Crippen molar-refractivity contribution < 1.29 is 5.11 Å². The summed E-state index contributed by atoms with van der Waals surface area (Å²) in [6.45, 7) is 8.55. The second-order valence-corrected chi connectivity index (χ2v) is 5.73. The van der Waals surface area contributed by atoms with Gasteiger partial charge in [-0.3, -0.25) is 0 Å². The highest BCUT2D eigenvalue weighted by molar-refractivity contribution is 4.74. The van der Waals surface area contributed by atoms with Gasteiger partial charge >= 0.3 is 0 Å². The van der Waals surface area contributed by atoms with Gasteiger partial charge in [-0.25, -0.2) is 0 Å². The SMILES string of the molecule is CNC(CO)CCN1CCCC(C(C)C)CC1. The zero-order valence-electron chi connectivity index (χ0n) is 11.8. The van der Waals surface area contributed by atoms with Gasteiger partial charge in [0.25, 0.3) is 0 Å². The summed E-state index contributed by atoms with van der Waals surface area (Å²) in [6.07, 6.45) is 5.14. The maximum Gasteiger partial charge on any atom is 0.0585 e. The lowest BCUT2D eigenvalue weighted by Crippen LogP contribution is -2.35. The number of rotatable bonds is 6. The second kappa shape index (κ2) is 8.06. The Morgan fingerprint density at radius 1 is 1.29 bits per heavy atom. The lowest BCUT2D eigenvalue weighted by Gasteiger charge is -2.23. The third-order valence-corrected chi connectivity index (χ3v) is 4.23. The maximum absolute atomic E-state index is 9.14. The van der Waals surface area contributed by atoms with E-state index in [9.17, 15) is 0 Å². The number of likely N-dealkylation sites (N-methyl/N-ethyl adjacent to an activating group) is 1. The average Bonchev–Trinajstić information content (AvgIpc) is 2.56. The van der Waals surface area contributed by atoms with E-state index in [1.54, 1.807) is 0 Å². The Morgan fingerprint density at radius 2 is 2.06 bits per heavy atom. The van der Waals surface area contributed by atoms with E-state index in [4.69, 9.17) is 5.11 Å². The van der Waals surface area contributed by atoms with Crippen molar-refractivity contribution in [1.29, 1.82) is 0 Å². The smallest absolute Gasteiger partial charge is 0.0585 e. The molecule has 17 heavy (non-hydrogen) atoms. The Labute approximate surface area is 107 Å². The van der Waals surface area contributed by atoms with E-state index in [0.29, 0.717) is 0 Å². The molecule has 3 nitrogen and oxygen atoms in total. The summed E-state index contributed by atoms with van der Waals surface area (Å²) in [6, 6.07) is 0.263. The van der Waals surface area contributed by atoms with E-state index in [2.05, 4.69) is 24.1 Å². The monoisotopic (exact) mass is 242 g/mol. The van der Waals surface area contributed by atoms with Crippen molar-refractivity contribution >= 4 is 0 Å². The predicted octanol–water partition coefficient (Wildman–Crippen LogP) is 1.71. The maximum atomic E-state index is 9.14. The Balaban J connectivity index is 2.26. The highest BCUT2D eigenvalue weighted by Gasteiger charge is 2.19. The third-order valence-electron chi connectivity index (χ3n) is 4.23. The second-order valence-electron chi connectivity index (χ2n) is 5.73. The van der Waals surface area contributed by atoms with Gasteiger partial charge in [-0.05, 0) is 64.2 Å². The Morgan fingerprint density at radius 3 is 2.65 bits per heavy atom. The molecular weight excluding hydrogens is 212 g/mol. The normalized spacial score (nSPS) is 24.9. The molecule has 0 radical (unpaired) electrons. The summed E-state index contributed by atoms with van der Waals surface area (Å²) in [7, 11) is 1.93. The van der Waals surface area contributed by atoms with Crippen molar-refractivity contribution in [3.8, 4) is 0 Å². The number of nitrogens with zero attached hydrogens (tertiary/aromatic N) is 1.